The lowest BCUT2D eigenvalue weighted by molar-refractivity contribution is -0.138. The minimum atomic E-state index is -0.503. The van der Waals surface area contributed by atoms with E-state index in [0.29, 0.717) is 37.6 Å². The van der Waals surface area contributed by atoms with Gasteiger partial charge in [0.25, 0.3) is 5.91 Å². The van der Waals surface area contributed by atoms with Crippen molar-refractivity contribution < 1.29 is 23.8 Å². The molecule has 0 aliphatic carbocycles. The first kappa shape index (κ1) is 22.6. The van der Waals surface area contributed by atoms with Gasteiger partial charge < -0.3 is 24.4 Å². The molecular formula is C24H30N2O5. The molecule has 1 unspecified atom stereocenters. The molecule has 0 saturated heterocycles. The third-order valence-electron chi connectivity index (χ3n) is 5.21. The highest BCUT2D eigenvalue weighted by Gasteiger charge is 2.29. The number of nitrogens with one attached hydrogen (secondary N) is 1. The highest BCUT2D eigenvalue weighted by Crippen LogP contribution is 2.29. The number of ether oxygens (including phenoxy) is 3. The second kappa shape index (κ2) is 10.8. The maximum absolute atomic E-state index is 12.8. The minimum absolute atomic E-state index is 0.0154. The Hall–Kier alpha value is -3.06. The molecule has 0 aromatic heterocycles. The van der Waals surface area contributed by atoms with E-state index in [-0.39, 0.29) is 18.2 Å². The Labute approximate surface area is 183 Å². The number of hydrogen-bond donors (Lipinski definition) is 1. The molecule has 0 radical (unpaired) electrons. The number of fused-ring (bicyclic) bond motifs is 1. The van der Waals surface area contributed by atoms with Crippen LogP contribution in [0.5, 0.6) is 11.5 Å². The van der Waals surface area contributed by atoms with Crippen molar-refractivity contribution in [1.82, 2.24) is 4.90 Å². The first-order chi connectivity index (χ1) is 15.0. The monoisotopic (exact) mass is 426 g/mol. The van der Waals surface area contributed by atoms with Gasteiger partial charge in [0, 0.05) is 38.1 Å². The molecule has 0 fully saturated rings. The average molecular weight is 427 g/mol. The molecule has 7 nitrogen and oxygen atoms in total. The number of benzene rings is 2. The Bertz CT molecular complexity index is 915. The Balaban J connectivity index is 1.72. The van der Waals surface area contributed by atoms with Crippen LogP contribution in [0.25, 0.3) is 0 Å². The first-order valence-electron chi connectivity index (χ1n) is 10.5. The molecule has 0 saturated carbocycles. The molecule has 1 N–H and O–H groups in total. The van der Waals surface area contributed by atoms with Gasteiger partial charge in [-0.2, -0.15) is 0 Å². The fraction of sp³-hybridized carbons (Fsp3) is 0.417. The number of amides is 2. The normalized spacial score (nSPS) is 15.6. The number of rotatable bonds is 9. The Kier molecular flexibility index (Phi) is 7.89. The van der Waals surface area contributed by atoms with E-state index in [2.05, 4.69) is 5.32 Å². The maximum Gasteiger partial charge on any atom is 0.263 e. The molecule has 0 bridgehead atoms. The van der Waals surface area contributed by atoms with Crippen molar-refractivity contribution in [2.24, 2.45) is 0 Å². The lowest BCUT2D eigenvalue weighted by Gasteiger charge is -2.23. The number of nitrogens with zero attached hydrogens (tertiary/aromatic N) is 1. The number of methoxy groups -OCH3 is 2. The summed E-state index contributed by atoms with van der Waals surface area (Å²) in [5.74, 6) is 1.26. The number of carbonyl (C=O) groups is 2. The highest BCUT2D eigenvalue weighted by molar-refractivity contribution is 5.92. The summed E-state index contributed by atoms with van der Waals surface area (Å²) < 4.78 is 16.3. The Morgan fingerprint density at radius 2 is 2.06 bits per heavy atom. The second-order valence-electron chi connectivity index (χ2n) is 7.52. The van der Waals surface area contributed by atoms with Crippen LogP contribution in [0.2, 0.25) is 0 Å². The third kappa shape index (κ3) is 5.98. The van der Waals surface area contributed by atoms with Crippen LogP contribution in [0.4, 0.5) is 5.69 Å². The van der Waals surface area contributed by atoms with E-state index in [4.69, 9.17) is 14.2 Å². The summed E-state index contributed by atoms with van der Waals surface area (Å²) >= 11 is 0. The fourth-order valence-electron chi connectivity index (χ4n) is 3.61. The van der Waals surface area contributed by atoms with Crippen LogP contribution < -0.4 is 14.8 Å². The molecular weight excluding hydrogens is 396 g/mol. The van der Waals surface area contributed by atoms with Gasteiger partial charge in [0.2, 0.25) is 5.91 Å². The molecule has 1 aliphatic heterocycles. The summed E-state index contributed by atoms with van der Waals surface area (Å²) in [6.45, 7) is 3.56. The van der Waals surface area contributed by atoms with Gasteiger partial charge in [-0.05, 0) is 48.7 Å². The Morgan fingerprint density at radius 1 is 1.23 bits per heavy atom. The maximum atomic E-state index is 12.8. The van der Waals surface area contributed by atoms with Crippen molar-refractivity contribution in [3.05, 3.63) is 53.6 Å². The lowest BCUT2D eigenvalue weighted by atomic mass is 10.1. The standard InChI is InChI=1S/C24H30N2O5/c1-4-21-24(28)26(11-6-12-29-2)16-18-15-19(9-10-22(18)31-21)25-23(27)14-17-7-5-8-20(13-17)30-3/h5,7-10,13,15,21H,4,6,11-12,14,16H2,1-3H3,(H,25,27). The van der Waals surface area contributed by atoms with Gasteiger partial charge in [0.1, 0.15) is 11.5 Å². The largest absolute Gasteiger partial charge is 0.497 e. The molecule has 2 aromatic rings. The van der Waals surface area contributed by atoms with E-state index in [9.17, 15) is 9.59 Å². The second-order valence-corrected chi connectivity index (χ2v) is 7.52. The van der Waals surface area contributed by atoms with E-state index >= 15 is 0 Å². The van der Waals surface area contributed by atoms with Gasteiger partial charge in [-0.25, -0.2) is 0 Å². The zero-order valence-electron chi connectivity index (χ0n) is 18.3. The van der Waals surface area contributed by atoms with E-state index < -0.39 is 6.10 Å². The minimum Gasteiger partial charge on any atom is -0.497 e. The third-order valence-corrected chi connectivity index (χ3v) is 5.21. The van der Waals surface area contributed by atoms with E-state index in [0.717, 1.165) is 23.3 Å². The molecule has 166 valence electrons. The van der Waals surface area contributed by atoms with Crippen LogP contribution in [0.1, 0.15) is 30.9 Å². The van der Waals surface area contributed by atoms with Crippen molar-refractivity contribution >= 4 is 17.5 Å². The van der Waals surface area contributed by atoms with E-state index in [1.165, 1.54) is 0 Å². The van der Waals surface area contributed by atoms with Gasteiger partial charge in [-0.1, -0.05) is 19.1 Å². The summed E-state index contributed by atoms with van der Waals surface area (Å²) in [5.41, 5.74) is 2.42. The van der Waals surface area contributed by atoms with Crippen LogP contribution in [-0.2, 0) is 27.3 Å². The van der Waals surface area contributed by atoms with Crippen molar-refractivity contribution in [3.8, 4) is 11.5 Å². The van der Waals surface area contributed by atoms with Crippen LogP contribution in [0.15, 0.2) is 42.5 Å². The summed E-state index contributed by atoms with van der Waals surface area (Å²) in [5, 5.41) is 2.94. The molecule has 0 spiro atoms. The summed E-state index contributed by atoms with van der Waals surface area (Å²) in [4.78, 5) is 27.2. The molecule has 1 atom stereocenters. The van der Waals surface area contributed by atoms with E-state index in [1.54, 1.807) is 25.2 Å². The molecule has 1 heterocycles. The van der Waals surface area contributed by atoms with Crippen molar-refractivity contribution in [1.29, 1.82) is 0 Å². The summed E-state index contributed by atoms with van der Waals surface area (Å²) in [6, 6.07) is 13.0. The lowest BCUT2D eigenvalue weighted by Crippen LogP contribution is -2.40. The molecule has 31 heavy (non-hydrogen) atoms. The molecule has 7 heteroatoms. The van der Waals surface area contributed by atoms with Gasteiger partial charge in [0.15, 0.2) is 6.10 Å². The van der Waals surface area contributed by atoms with E-state index in [1.807, 2.05) is 43.3 Å². The number of carbonyl (C=O) groups excluding carboxylic acids is 2. The SMILES string of the molecule is CCC1Oc2ccc(NC(=O)Cc3cccc(OC)c3)cc2CN(CCCOC)C1=O. The fourth-order valence-corrected chi connectivity index (χ4v) is 3.61. The van der Waals surface area contributed by atoms with Crippen molar-refractivity contribution in [2.45, 2.75) is 38.8 Å². The van der Waals surface area contributed by atoms with Crippen LogP contribution in [-0.4, -0.2) is 50.2 Å². The highest BCUT2D eigenvalue weighted by atomic mass is 16.5. The van der Waals surface area contributed by atoms with Gasteiger partial charge in [-0.15, -0.1) is 0 Å². The molecule has 3 rings (SSSR count). The van der Waals surface area contributed by atoms with Gasteiger partial charge in [0.05, 0.1) is 13.5 Å². The number of anilines is 1. The summed E-state index contributed by atoms with van der Waals surface area (Å²) in [7, 11) is 3.25. The van der Waals surface area contributed by atoms with Crippen LogP contribution >= 0.6 is 0 Å². The van der Waals surface area contributed by atoms with Crippen LogP contribution in [0.3, 0.4) is 0 Å². The zero-order chi connectivity index (χ0) is 22.2. The Morgan fingerprint density at radius 3 is 2.81 bits per heavy atom. The van der Waals surface area contributed by atoms with Crippen molar-refractivity contribution in [2.75, 3.05) is 32.7 Å². The molecule has 2 aromatic carbocycles. The van der Waals surface area contributed by atoms with Gasteiger partial charge >= 0.3 is 0 Å². The molecule has 2 amide bonds. The van der Waals surface area contributed by atoms with Crippen LogP contribution in [0, 0.1) is 0 Å². The quantitative estimate of drug-likeness (QED) is 0.622. The predicted octanol–water partition coefficient (Wildman–Crippen LogP) is 3.41. The van der Waals surface area contributed by atoms with Crippen molar-refractivity contribution in [3.63, 3.8) is 0 Å². The number of hydrogen-bond acceptors (Lipinski definition) is 5. The predicted molar refractivity (Wildman–Crippen MR) is 118 cm³/mol. The summed E-state index contributed by atoms with van der Waals surface area (Å²) in [6.07, 6.45) is 1.09. The average Bonchev–Trinajstić information content (AvgIpc) is 2.90. The zero-order valence-corrected chi connectivity index (χ0v) is 18.3. The first-order valence-corrected chi connectivity index (χ1v) is 10.5. The topological polar surface area (TPSA) is 77.1 Å². The smallest absolute Gasteiger partial charge is 0.263 e. The van der Waals surface area contributed by atoms with Gasteiger partial charge in [-0.3, -0.25) is 9.59 Å². The molecule has 1 aliphatic rings.